The van der Waals surface area contributed by atoms with E-state index < -0.39 is 0 Å². The number of aromatic nitrogens is 2. The highest BCUT2D eigenvalue weighted by molar-refractivity contribution is 5.97. The number of halogens is 1. The number of nitrogens with one attached hydrogen (secondary N) is 1. The predicted octanol–water partition coefficient (Wildman–Crippen LogP) is 4.24. The molecule has 0 spiro atoms. The molecule has 0 bridgehead atoms. The molecule has 4 rings (SSSR count). The molecule has 0 saturated carbocycles. The van der Waals surface area contributed by atoms with Crippen LogP contribution in [0.4, 0.5) is 0 Å². The number of carbonyl (C=O) groups is 2. The highest BCUT2D eigenvalue weighted by atomic mass is 35.5. The maximum atomic E-state index is 12.8. The molecule has 1 N–H and O–H groups in total. The molecule has 31 heavy (non-hydrogen) atoms. The van der Waals surface area contributed by atoms with E-state index in [0.29, 0.717) is 18.7 Å². The number of nitrogens with zero attached hydrogens (tertiary/aromatic N) is 3. The molecule has 2 amide bonds. The van der Waals surface area contributed by atoms with Crippen LogP contribution in [-0.2, 0) is 4.79 Å². The average molecular weight is 439 g/mol. The third-order valence-electron chi connectivity index (χ3n) is 5.76. The number of benzene rings is 2. The molecule has 7 heteroatoms. The first kappa shape index (κ1) is 22.6. The molecule has 2 heterocycles. The summed E-state index contributed by atoms with van der Waals surface area (Å²) in [6, 6.07) is 15.7. The molecule has 3 aromatic rings. The summed E-state index contributed by atoms with van der Waals surface area (Å²) >= 11 is 0. The number of H-pyrrole nitrogens is 1. The summed E-state index contributed by atoms with van der Waals surface area (Å²) in [5.74, 6) is -0.0734. The lowest BCUT2D eigenvalue weighted by atomic mass is 10.1. The van der Waals surface area contributed by atoms with E-state index >= 15 is 0 Å². The quantitative estimate of drug-likeness (QED) is 0.647. The third kappa shape index (κ3) is 4.80. The van der Waals surface area contributed by atoms with Crippen molar-refractivity contribution in [3.8, 4) is 0 Å². The van der Waals surface area contributed by atoms with E-state index in [2.05, 4.69) is 17.1 Å². The number of hydrogen-bond donors (Lipinski definition) is 1. The lowest BCUT2D eigenvalue weighted by Crippen LogP contribution is -2.54. The lowest BCUT2D eigenvalue weighted by Gasteiger charge is -2.37. The molecule has 0 radical (unpaired) electrons. The van der Waals surface area contributed by atoms with Crippen molar-refractivity contribution >= 4 is 47.3 Å². The van der Waals surface area contributed by atoms with Gasteiger partial charge < -0.3 is 9.80 Å². The van der Waals surface area contributed by atoms with Crippen LogP contribution in [0.15, 0.2) is 48.5 Å². The van der Waals surface area contributed by atoms with Crippen molar-refractivity contribution in [2.24, 2.45) is 0 Å². The Balaban J connectivity index is 0.00000272. The van der Waals surface area contributed by atoms with Crippen molar-refractivity contribution in [2.45, 2.75) is 26.3 Å². The predicted molar refractivity (Wildman–Crippen MR) is 126 cm³/mol. The SMILES string of the molecule is CCC(C)N1CCN(C(=O)c2ccc(/C=C/c3n[nH]c4ccccc34)cc2)CC1=O.Cl. The lowest BCUT2D eigenvalue weighted by molar-refractivity contribution is -0.137. The minimum atomic E-state index is -0.0963. The number of amides is 2. The fraction of sp³-hybridized carbons (Fsp3) is 0.292. The average Bonchev–Trinajstić information content (AvgIpc) is 3.20. The van der Waals surface area contributed by atoms with Crippen LogP contribution in [0.3, 0.4) is 0 Å². The fourth-order valence-corrected chi connectivity index (χ4v) is 3.75. The Kier molecular flexibility index (Phi) is 7.13. The van der Waals surface area contributed by atoms with Crippen LogP contribution in [0.2, 0.25) is 0 Å². The summed E-state index contributed by atoms with van der Waals surface area (Å²) in [6.07, 6.45) is 4.86. The van der Waals surface area contributed by atoms with Gasteiger partial charge in [-0.25, -0.2) is 0 Å². The molecule has 1 unspecified atom stereocenters. The van der Waals surface area contributed by atoms with Gasteiger partial charge in [-0.2, -0.15) is 5.10 Å². The Labute approximate surface area is 188 Å². The van der Waals surface area contributed by atoms with E-state index in [1.165, 1.54) is 0 Å². The Morgan fingerprint density at radius 1 is 1.13 bits per heavy atom. The van der Waals surface area contributed by atoms with Crippen molar-refractivity contribution in [1.82, 2.24) is 20.0 Å². The minimum Gasteiger partial charge on any atom is -0.337 e. The summed E-state index contributed by atoms with van der Waals surface area (Å²) in [5.41, 5.74) is 3.46. The first-order valence-electron chi connectivity index (χ1n) is 10.4. The third-order valence-corrected chi connectivity index (χ3v) is 5.76. The van der Waals surface area contributed by atoms with Gasteiger partial charge in [-0.3, -0.25) is 14.7 Å². The molecule has 0 aliphatic carbocycles. The summed E-state index contributed by atoms with van der Waals surface area (Å²) < 4.78 is 0. The first-order valence-corrected chi connectivity index (χ1v) is 10.4. The van der Waals surface area contributed by atoms with Gasteiger partial charge in [-0.05, 0) is 43.2 Å². The second-order valence-electron chi connectivity index (χ2n) is 7.68. The number of rotatable bonds is 5. The number of carbonyl (C=O) groups excluding carboxylic acids is 2. The normalized spacial score (nSPS) is 15.4. The smallest absolute Gasteiger partial charge is 0.254 e. The van der Waals surface area contributed by atoms with Crippen molar-refractivity contribution in [3.05, 3.63) is 65.4 Å². The van der Waals surface area contributed by atoms with Crippen LogP contribution >= 0.6 is 12.4 Å². The number of para-hydroxylation sites is 1. The zero-order valence-electron chi connectivity index (χ0n) is 17.7. The van der Waals surface area contributed by atoms with Crippen LogP contribution in [0.25, 0.3) is 23.1 Å². The number of piperazine rings is 1. The number of aromatic amines is 1. The van der Waals surface area contributed by atoms with E-state index in [-0.39, 0.29) is 36.8 Å². The van der Waals surface area contributed by atoms with E-state index in [1.54, 1.807) is 4.90 Å². The standard InChI is InChI=1S/C24H26N4O2.ClH/c1-3-17(2)28-15-14-27(16-23(28)29)24(30)19-11-8-18(9-12-19)10-13-22-20-6-4-5-7-21(20)25-26-22;/h4-13,17H,3,14-16H2,1-2H3,(H,25,26);1H/b13-10+;. The summed E-state index contributed by atoms with van der Waals surface area (Å²) in [5, 5.41) is 8.43. The molecular formula is C24H27ClN4O2. The van der Waals surface area contributed by atoms with E-state index in [4.69, 9.17) is 0 Å². The molecule has 1 aliphatic heterocycles. The van der Waals surface area contributed by atoms with Gasteiger partial charge in [-0.1, -0.05) is 43.3 Å². The van der Waals surface area contributed by atoms with Crippen LogP contribution in [0.1, 0.15) is 41.9 Å². The summed E-state index contributed by atoms with van der Waals surface area (Å²) in [4.78, 5) is 28.7. The maximum absolute atomic E-state index is 12.8. The van der Waals surface area contributed by atoms with E-state index in [9.17, 15) is 9.59 Å². The Bertz CT molecular complexity index is 1090. The van der Waals surface area contributed by atoms with Gasteiger partial charge in [0, 0.05) is 30.1 Å². The van der Waals surface area contributed by atoms with Gasteiger partial charge in [0.05, 0.1) is 11.2 Å². The number of fused-ring (bicyclic) bond motifs is 1. The molecule has 1 aromatic heterocycles. The zero-order valence-corrected chi connectivity index (χ0v) is 18.6. The molecule has 1 aliphatic rings. The van der Waals surface area contributed by atoms with Gasteiger partial charge in [0.15, 0.2) is 0 Å². The van der Waals surface area contributed by atoms with E-state index in [1.807, 2.05) is 72.5 Å². The molecule has 6 nitrogen and oxygen atoms in total. The maximum Gasteiger partial charge on any atom is 0.254 e. The largest absolute Gasteiger partial charge is 0.337 e. The van der Waals surface area contributed by atoms with Crippen molar-refractivity contribution in [1.29, 1.82) is 0 Å². The first-order chi connectivity index (χ1) is 14.6. The van der Waals surface area contributed by atoms with Crippen LogP contribution in [0.5, 0.6) is 0 Å². The second-order valence-corrected chi connectivity index (χ2v) is 7.68. The van der Waals surface area contributed by atoms with Gasteiger partial charge in [-0.15, -0.1) is 12.4 Å². The number of hydrogen-bond acceptors (Lipinski definition) is 3. The Morgan fingerprint density at radius 3 is 2.58 bits per heavy atom. The Hall–Kier alpha value is -3.12. The topological polar surface area (TPSA) is 69.3 Å². The Morgan fingerprint density at radius 2 is 1.87 bits per heavy atom. The second kappa shape index (κ2) is 9.79. The highest BCUT2D eigenvalue weighted by Gasteiger charge is 2.29. The van der Waals surface area contributed by atoms with Crippen LogP contribution in [-0.4, -0.2) is 57.5 Å². The van der Waals surface area contributed by atoms with Crippen molar-refractivity contribution in [2.75, 3.05) is 19.6 Å². The molecule has 2 aromatic carbocycles. The van der Waals surface area contributed by atoms with Gasteiger partial charge in [0.1, 0.15) is 6.54 Å². The molecule has 1 saturated heterocycles. The zero-order chi connectivity index (χ0) is 21.1. The van der Waals surface area contributed by atoms with E-state index in [0.717, 1.165) is 28.6 Å². The van der Waals surface area contributed by atoms with Gasteiger partial charge >= 0.3 is 0 Å². The molecule has 1 fully saturated rings. The van der Waals surface area contributed by atoms with Gasteiger partial charge in [0.25, 0.3) is 5.91 Å². The highest BCUT2D eigenvalue weighted by Crippen LogP contribution is 2.18. The summed E-state index contributed by atoms with van der Waals surface area (Å²) in [6.45, 7) is 5.44. The fourth-order valence-electron chi connectivity index (χ4n) is 3.75. The molecule has 1 atom stereocenters. The van der Waals surface area contributed by atoms with Gasteiger partial charge in [0.2, 0.25) is 5.91 Å². The van der Waals surface area contributed by atoms with Crippen molar-refractivity contribution in [3.63, 3.8) is 0 Å². The minimum absolute atomic E-state index is 0. The van der Waals surface area contributed by atoms with Crippen molar-refractivity contribution < 1.29 is 9.59 Å². The van der Waals surface area contributed by atoms with Crippen LogP contribution in [0, 0.1) is 0 Å². The molecular weight excluding hydrogens is 412 g/mol. The van der Waals surface area contributed by atoms with Crippen LogP contribution < -0.4 is 0 Å². The molecule has 162 valence electrons. The monoisotopic (exact) mass is 438 g/mol. The summed E-state index contributed by atoms with van der Waals surface area (Å²) in [7, 11) is 0.